The van der Waals surface area contributed by atoms with Gasteiger partial charge in [0.25, 0.3) is 0 Å². The molecule has 2 N–H and O–H groups in total. The zero-order chi connectivity index (χ0) is 7.82. The molecule has 0 aliphatic carbocycles. The summed E-state index contributed by atoms with van der Waals surface area (Å²) >= 11 is 0. The first-order valence-electron chi connectivity index (χ1n) is 3.33. The Morgan fingerprint density at radius 1 is 1.60 bits per heavy atom. The van der Waals surface area contributed by atoms with Crippen LogP contribution < -0.4 is 5.32 Å². The Balaban J connectivity index is 2.90. The molecule has 3 nitrogen and oxygen atoms in total. The summed E-state index contributed by atoms with van der Waals surface area (Å²) in [7, 11) is 0. The molecule has 0 radical (unpaired) electrons. The van der Waals surface area contributed by atoms with E-state index in [0.717, 1.165) is 19.4 Å². The van der Waals surface area contributed by atoms with Gasteiger partial charge >= 0.3 is 5.97 Å². The number of nitrogens with one attached hydrogen (secondary N) is 1. The second-order valence-electron chi connectivity index (χ2n) is 2.01. The van der Waals surface area contributed by atoms with Gasteiger partial charge in [0.15, 0.2) is 0 Å². The normalized spacial score (nSPS) is 8.80. The van der Waals surface area contributed by atoms with Crippen LogP contribution in [0.1, 0.15) is 19.3 Å². The molecule has 0 heterocycles. The second kappa shape index (κ2) is 6.13. The second-order valence-corrected chi connectivity index (χ2v) is 2.01. The molecule has 0 aliphatic heterocycles. The van der Waals surface area contributed by atoms with Crippen molar-refractivity contribution in [1.29, 1.82) is 0 Å². The van der Waals surface area contributed by atoms with Gasteiger partial charge < -0.3 is 10.4 Å². The topological polar surface area (TPSA) is 49.3 Å². The Labute approximate surface area is 60.7 Å². The maximum absolute atomic E-state index is 9.99. The molecule has 10 heavy (non-hydrogen) atoms. The summed E-state index contributed by atoms with van der Waals surface area (Å²) in [6.45, 7) is 4.28. The van der Waals surface area contributed by atoms with Crippen LogP contribution in [0.4, 0.5) is 0 Å². The molecule has 0 saturated carbocycles. The minimum atomic E-state index is -0.724. The van der Waals surface area contributed by atoms with Crippen molar-refractivity contribution in [3.05, 3.63) is 12.8 Å². The SMILES string of the molecule is C=CNCCCCC(=O)O. The monoisotopic (exact) mass is 143 g/mol. The molecule has 0 aromatic carbocycles. The Hall–Kier alpha value is -0.990. The maximum atomic E-state index is 9.99. The van der Waals surface area contributed by atoms with Crippen molar-refractivity contribution in [1.82, 2.24) is 5.32 Å². The Bertz CT molecular complexity index is 112. The molecule has 58 valence electrons. The highest BCUT2D eigenvalue weighted by molar-refractivity contribution is 5.66. The van der Waals surface area contributed by atoms with Crippen LogP contribution in [-0.4, -0.2) is 17.6 Å². The quantitative estimate of drug-likeness (QED) is 0.545. The summed E-state index contributed by atoms with van der Waals surface area (Å²) < 4.78 is 0. The molecular formula is C7H13NO2. The summed E-state index contributed by atoms with van der Waals surface area (Å²) in [6.07, 6.45) is 3.49. The molecule has 0 unspecified atom stereocenters. The number of carbonyl (C=O) groups is 1. The maximum Gasteiger partial charge on any atom is 0.303 e. The van der Waals surface area contributed by atoms with E-state index in [0.29, 0.717) is 0 Å². The van der Waals surface area contributed by atoms with E-state index in [1.54, 1.807) is 6.20 Å². The lowest BCUT2D eigenvalue weighted by atomic mass is 10.2. The predicted octanol–water partition coefficient (Wildman–Crippen LogP) is 0.974. The number of carboxylic acid groups (broad SMARTS) is 1. The number of unbranched alkanes of at least 4 members (excludes halogenated alkanes) is 1. The first-order chi connectivity index (χ1) is 4.77. The van der Waals surface area contributed by atoms with E-state index in [-0.39, 0.29) is 6.42 Å². The van der Waals surface area contributed by atoms with Gasteiger partial charge in [-0.1, -0.05) is 6.58 Å². The van der Waals surface area contributed by atoms with Crippen molar-refractivity contribution in [2.45, 2.75) is 19.3 Å². The molecular weight excluding hydrogens is 130 g/mol. The summed E-state index contributed by atoms with van der Waals surface area (Å²) in [4.78, 5) is 9.99. The van der Waals surface area contributed by atoms with Gasteiger partial charge in [0.2, 0.25) is 0 Å². The van der Waals surface area contributed by atoms with Crippen LogP contribution in [0.5, 0.6) is 0 Å². The molecule has 0 spiro atoms. The molecule has 0 saturated heterocycles. The standard InChI is InChI=1S/C7H13NO2/c1-2-8-6-4-3-5-7(9)10/h2,8H,1,3-6H2,(H,9,10). The van der Waals surface area contributed by atoms with Crippen LogP contribution in [0.3, 0.4) is 0 Å². The smallest absolute Gasteiger partial charge is 0.303 e. The van der Waals surface area contributed by atoms with E-state index in [2.05, 4.69) is 11.9 Å². The van der Waals surface area contributed by atoms with Crippen LogP contribution in [0.15, 0.2) is 12.8 Å². The third-order valence-electron chi connectivity index (χ3n) is 1.11. The van der Waals surface area contributed by atoms with Gasteiger partial charge in [-0.15, -0.1) is 0 Å². The molecule has 0 aromatic heterocycles. The van der Waals surface area contributed by atoms with Gasteiger partial charge in [-0.25, -0.2) is 0 Å². The van der Waals surface area contributed by atoms with E-state index >= 15 is 0 Å². The molecule has 0 atom stereocenters. The third kappa shape index (κ3) is 7.01. The van der Waals surface area contributed by atoms with Crippen molar-refractivity contribution in [3.63, 3.8) is 0 Å². The van der Waals surface area contributed by atoms with E-state index in [9.17, 15) is 4.79 Å². The molecule has 3 heteroatoms. The number of rotatable bonds is 6. The molecule has 0 aliphatic rings. The molecule has 0 aromatic rings. The van der Waals surface area contributed by atoms with Gasteiger partial charge in [0, 0.05) is 13.0 Å². The fraction of sp³-hybridized carbons (Fsp3) is 0.571. The van der Waals surface area contributed by atoms with Crippen LogP contribution >= 0.6 is 0 Å². The van der Waals surface area contributed by atoms with Gasteiger partial charge in [0.1, 0.15) is 0 Å². The van der Waals surface area contributed by atoms with E-state index < -0.39 is 5.97 Å². The van der Waals surface area contributed by atoms with E-state index in [1.165, 1.54) is 0 Å². The van der Waals surface area contributed by atoms with Crippen LogP contribution in [0, 0.1) is 0 Å². The highest BCUT2D eigenvalue weighted by atomic mass is 16.4. The lowest BCUT2D eigenvalue weighted by Gasteiger charge is -1.97. The lowest BCUT2D eigenvalue weighted by Crippen LogP contribution is -2.06. The van der Waals surface area contributed by atoms with E-state index in [4.69, 9.17) is 5.11 Å². The fourth-order valence-electron chi connectivity index (χ4n) is 0.605. The average Bonchev–Trinajstić information content (AvgIpc) is 1.87. The van der Waals surface area contributed by atoms with Crippen molar-refractivity contribution in [3.8, 4) is 0 Å². The number of hydrogen-bond acceptors (Lipinski definition) is 2. The Morgan fingerprint density at radius 3 is 2.80 bits per heavy atom. The average molecular weight is 143 g/mol. The molecule has 0 fully saturated rings. The fourth-order valence-corrected chi connectivity index (χ4v) is 0.605. The largest absolute Gasteiger partial charge is 0.481 e. The highest BCUT2D eigenvalue weighted by Gasteiger charge is 1.93. The number of carboxylic acids is 1. The van der Waals surface area contributed by atoms with Crippen molar-refractivity contribution < 1.29 is 9.90 Å². The van der Waals surface area contributed by atoms with Crippen molar-refractivity contribution in [2.75, 3.05) is 6.54 Å². The number of hydrogen-bond donors (Lipinski definition) is 2. The minimum absolute atomic E-state index is 0.263. The van der Waals surface area contributed by atoms with Crippen LogP contribution in [0.25, 0.3) is 0 Å². The molecule has 0 bridgehead atoms. The Kier molecular flexibility index (Phi) is 5.53. The first-order valence-corrected chi connectivity index (χ1v) is 3.33. The first kappa shape index (κ1) is 9.01. The molecule has 0 amide bonds. The molecule has 0 rings (SSSR count). The van der Waals surface area contributed by atoms with Crippen molar-refractivity contribution >= 4 is 5.97 Å². The van der Waals surface area contributed by atoms with Crippen LogP contribution in [-0.2, 0) is 4.79 Å². The lowest BCUT2D eigenvalue weighted by molar-refractivity contribution is -0.137. The van der Waals surface area contributed by atoms with Gasteiger partial charge in [-0.3, -0.25) is 4.79 Å². The summed E-state index contributed by atoms with van der Waals surface area (Å²) in [5.74, 6) is -0.724. The van der Waals surface area contributed by atoms with Crippen LogP contribution in [0.2, 0.25) is 0 Å². The van der Waals surface area contributed by atoms with Gasteiger partial charge in [-0.2, -0.15) is 0 Å². The number of aliphatic carboxylic acids is 1. The minimum Gasteiger partial charge on any atom is -0.481 e. The van der Waals surface area contributed by atoms with Crippen molar-refractivity contribution in [2.24, 2.45) is 0 Å². The third-order valence-corrected chi connectivity index (χ3v) is 1.11. The van der Waals surface area contributed by atoms with Gasteiger partial charge in [0.05, 0.1) is 0 Å². The Morgan fingerprint density at radius 2 is 2.30 bits per heavy atom. The zero-order valence-electron chi connectivity index (χ0n) is 5.97. The summed E-state index contributed by atoms with van der Waals surface area (Å²) in [5, 5.41) is 11.1. The van der Waals surface area contributed by atoms with Gasteiger partial charge in [-0.05, 0) is 19.0 Å². The summed E-state index contributed by atoms with van der Waals surface area (Å²) in [5.41, 5.74) is 0. The van der Waals surface area contributed by atoms with E-state index in [1.807, 2.05) is 0 Å². The highest BCUT2D eigenvalue weighted by Crippen LogP contribution is 1.92. The predicted molar refractivity (Wildman–Crippen MR) is 39.7 cm³/mol. The summed E-state index contributed by atoms with van der Waals surface area (Å²) in [6, 6.07) is 0. The zero-order valence-corrected chi connectivity index (χ0v) is 5.97.